The first-order valence-corrected chi connectivity index (χ1v) is 19.3. The van der Waals surface area contributed by atoms with Crippen molar-refractivity contribution in [1.82, 2.24) is 29.5 Å². The molecule has 196 valence electrons. The van der Waals surface area contributed by atoms with E-state index in [4.69, 9.17) is 7.72 Å². The van der Waals surface area contributed by atoms with Gasteiger partial charge < -0.3 is 4.90 Å². The standard InChI is InChI=1S/C21H26N6O2.C7H8N.In/c1-15(20(22)16-3-4-16)24-21(28)18-14-23-19-13-17(5-6-27(18)19)29-12-11-26-9-7-25(2)8-10-26;1-6-3-4-7(2)8-5-6;/h1,5-6,13-14,16H,3-4,7-12H2,2H3,(H,24,28);3-5H,1H2,2H3;/q-1;;+1. The fraction of sp³-hybridized carbons (Fsp3) is 0.429. The number of hydrogen-bond donors (Lipinski definition) is 1. The van der Waals surface area contributed by atoms with Gasteiger partial charge in [-0.2, -0.15) is 0 Å². The topological polar surface area (TPSA) is 87.4 Å². The average molecular weight is 615 g/mol. The molecule has 3 aromatic heterocycles. The van der Waals surface area contributed by atoms with Gasteiger partial charge in [0.25, 0.3) is 0 Å². The molecule has 0 bridgehead atoms. The molecule has 3 aliphatic rings. The summed E-state index contributed by atoms with van der Waals surface area (Å²) >= 11 is -2.35. The Bertz CT molecular complexity index is 1370. The van der Waals surface area contributed by atoms with Crippen LogP contribution in [0.1, 0.15) is 34.6 Å². The molecule has 2 aliphatic heterocycles. The van der Waals surface area contributed by atoms with Crippen molar-refractivity contribution in [2.24, 2.45) is 8.90 Å². The summed E-state index contributed by atoms with van der Waals surface area (Å²) in [5.74, 6) is 1.12. The number of likely N-dealkylation sites (N-methyl/N-ethyl adjacent to an activating group) is 1. The number of fused-ring (bicyclic) bond motifs is 1. The maximum atomic E-state index is 13.3. The number of aromatic nitrogens is 3. The van der Waals surface area contributed by atoms with Gasteiger partial charge in [0.15, 0.2) is 0 Å². The van der Waals surface area contributed by atoms with Gasteiger partial charge in [0.05, 0.1) is 0 Å². The van der Waals surface area contributed by atoms with E-state index in [1.807, 2.05) is 35.9 Å². The van der Waals surface area contributed by atoms with Gasteiger partial charge in [0.2, 0.25) is 0 Å². The summed E-state index contributed by atoms with van der Waals surface area (Å²) in [4.78, 5) is 27.0. The Kier molecular flexibility index (Phi) is 7.54. The fourth-order valence-electron chi connectivity index (χ4n) is 5.09. The zero-order valence-electron chi connectivity index (χ0n) is 22.1. The first-order valence-electron chi connectivity index (χ1n) is 13.6. The number of carbonyl (C=O) groups excluding carboxylic acids is 1. The predicted octanol–water partition coefficient (Wildman–Crippen LogP) is 2.45. The summed E-state index contributed by atoms with van der Waals surface area (Å²) in [5, 5.41) is 3.19. The Morgan fingerprint density at radius 1 is 1.13 bits per heavy atom. The minimum absolute atomic E-state index is 0.148. The van der Waals surface area contributed by atoms with E-state index in [1.54, 1.807) is 6.20 Å². The normalized spacial score (nSPS) is 18.5. The summed E-state index contributed by atoms with van der Waals surface area (Å²) < 4.78 is 16.3. The minimum atomic E-state index is -2.35. The number of ether oxygens (including phenoxy) is 1. The number of hydrogen-bond acceptors (Lipinski definition) is 7. The molecule has 1 saturated heterocycles. The van der Waals surface area contributed by atoms with E-state index in [2.05, 4.69) is 48.1 Å². The SMILES string of the molecule is Cc1ccc([CH2][In]2[CH]=C(NC(=O)c3cnc4cc(OCCN5CCN(C)CC5)ccn34)C(C3CC3)=[N]2)cn1. The number of rotatable bonds is 9. The van der Waals surface area contributed by atoms with Crippen LogP contribution in [0.5, 0.6) is 5.75 Å². The van der Waals surface area contributed by atoms with Crippen LogP contribution in [0.25, 0.3) is 5.65 Å². The molecule has 3 aromatic rings. The van der Waals surface area contributed by atoms with Gasteiger partial charge in [-0.25, -0.2) is 0 Å². The summed E-state index contributed by atoms with van der Waals surface area (Å²) in [6, 6.07) is 8.01. The summed E-state index contributed by atoms with van der Waals surface area (Å²) in [6.07, 6.45) is 7.79. The van der Waals surface area contributed by atoms with Crippen LogP contribution in [0.4, 0.5) is 0 Å². The molecule has 0 spiro atoms. The van der Waals surface area contributed by atoms with E-state index in [0.29, 0.717) is 23.9 Å². The quantitative estimate of drug-likeness (QED) is 0.398. The molecule has 0 aromatic carbocycles. The maximum absolute atomic E-state index is 13.3. The van der Waals surface area contributed by atoms with Crippen molar-refractivity contribution in [3.8, 4) is 5.75 Å². The van der Waals surface area contributed by atoms with Gasteiger partial charge >= 0.3 is 189 Å². The van der Waals surface area contributed by atoms with Gasteiger partial charge in [-0.3, -0.25) is 4.90 Å². The Morgan fingerprint density at radius 2 is 1.97 bits per heavy atom. The Balaban J connectivity index is 1.09. The van der Waals surface area contributed by atoms with Crippen LogP contribution in [0.15, 0.2) is 55.4 Å². The summed E-state index contributed by atoms with van der Waals surface area (Å²) in [7, 11) is 2.16. The van der Waals surface area contributed by atoms with Gasteiger partial charge in [0, 0.05) is 26.2 Å². The second-order valence-electron chi connectivity index (χ2n) is 10.6. The first-order chi connectivity index (χ1) is 18.5. The van der Waals surface area contributed by atoms with Crippen LogP contribution in [0.2, 0.25) is 0 Å². The van der Waals surface area contributed by atoms with Crippen LogP contribution in [0, 0.1) is 12.8 Å². The molecule has 6 rings (SSSR count). The molecular formula is C28H34InN7O2. The van der Waals surface area contributed by atoms with Crippen molar-refractivity contribution in [2.75, 3.05) is 46.4 Å². The molecule has 1 aliphatic carbocycles. The fourth-order valence-corrected chi connectivity index (χ4v) is 11.8. The number of pyridine rings is 2. The molecule has 1 N–H and O–H groups in total. The first kappa shape index (κ1) is 25.6. The third kappa shape index (κ3) is 5.97. The molecule has 38 heavy (non-hydrogen) atoms. The molecular weight excluding hydrogens is 581 g/mol. The van der Waals surface area contributed by atoms with Crippen molar-refractivity contribution >= 4 is 39.0 Å². The molecule has 1 amide bonds. The van der Waals surface area contributed by atoms with Crippen molar-refractivity contribution in [1.29, 1.82) is 0 Å². The van der Waals surface area contributed by atoms with E-state index in [9.17, 15) is 4.79 Å². The zero-order chi connectivity index (χ0) is 26.1. The Labute approximate surface area is 231 Å². The molecule has 5 heterocycles. The van der Waals surface area contributed by atoms with Crippen molar-refractivity contribution in [2.45, 2.75) is 23.9 Å². The Hall–Kier alpha value is -2.69. The van der Waals surface area contributed by atoms with E-state index in [-0.39, 0.29) is 5.91 Å². The molecule has 2 fully saturated rings. The summed E-state index contributed by atoms with van der Waals surface area (Å²) in [5.41, 5.74) is 5.52. The number of allylic oxidation sites excluding steroid dienone is 1. The monoisotopic (exact) mass is 615 g/mol. The van der Waals surface area contributed by atoms with E-state index in [0.717, 1.165) is 72.6 Å². The van der Waals surface area contributed by atoms with Gasteiger partial charge in [-0.15, -0.1) is 0 Å². The zero-order valence-corrected chi connectivity index (χ0v) is 25.4. The van der Waals surface area contributed by atoms with Crippen LogP contribution >= 0.6 is 0 Å². The van der Waals surface area contributed by atoms with Gasteiger partial charge in [-0.1, -0.05) is 0 Å². The average Bonchev–Trinajstić information content (AvgIpc) is 3.55. The number of aryl methyl sites for hydroxylation is 1. The molecule has 1 saturated carbocycles. The number of nitrogens with one attached hydrogen (secondary N) is 1. The number of piperazine rings is 1. The summed E-state index contributed by atoms with van der Waals surface area (Å²) in [6.45, 7) is 7.91. The predicted molar refractivity (Wildman–Crippen MR) is 149 cm³/mol. The van der Waals surface area contributed by atoms with Crippen LogP contribution in [-0.2, 0) is 4.18 Å². The molecule has 10 heteroatoms. The molecule has 0 radical (unpaired) electrons. The third-order valence-corrected chi connectivity index (χ3v) is 13.9. The van der Waals surface area contributed by atoms with E-state index < -0.39 is 21.7 Å². The van der Waals surface area contributed by atoms with E-state index >= 15 is 0 Å². The molecule has 0 atom stereocenters. The number of nitrogens with zero attached hydrogens (tertiary/aromatic N) is 6. The van der Waals surface area contributed by atoms with Crippen molar-refractivity contribution in [3.05, 3.63) is 69.3 Å². The van der Waals surface area contributed by atoms with Crippen LogP contribution < -0.4 is 10.1 Å². The number of imidazole rings is 1. The molecule has 9 nitrogen and oxygen atoms in total. The van der Waals surface area contributed by atoms with Gasteiger partial charge in [-0.05, 0) is 7.05 Å². The second kappa shape index (κ2) is 11.2. The number of amides is 1. The third-order valence-electron chi connectivity index (χ3n) is 7.56. The van der Waals surface area contributed by atoms with Crippen LogP contribution in [0.3, 0.4) is 0 Å². The van der Waals surface area contributed by atoms with Gasteiger partial charge in [0.1, 0.15) is 0 Å². The van der Waals surface area contributed by atoms with Crippen molar-refractivity contribution < 1.29 is 9.53 Å². The second-order valence-corrected chi connectivity index (χ2v) is 16.7. The van der Waals surface area contributed by atoms with E-state index in [1.165, 1.54) is 5.56 Å². The number of carbonyl (C=O) groups is 1. The Morgan fingerprint density at radius 3 is 2.74 bits per heavy atom. The van der Waals surface area contributed by atoms with Crippen LogP contribution in [-0.4, -0.2) is 104 Å². The molecule has 0 unspecified atom stereocenters. The van der Waals surface area contributed by atoms with Crippen molar-refractivity contribution in [3.63, 3.8) is 0 Å².